The molecular formula is C14H12ClN5O. The molecule has 2 heterocycles. The van der Waals surface area contributed by atoms with Gasteiger partial charge in [0.1, 0.15) is 6.54 Å². The van der Waals surface area contributed by atoms with Crippen molar-refractivity contribution in [2.75, 3.05) is 11.1 Å². The molecule has 21 heavy (non-hydrogen) atoms. The van der Waals surface area contributed by atoms with Crippen LogP contribution < -0.4 is 11.1 Å². The van der Waals surface area contributed by atoms with Crippen LogP contribution in [0.1, 0.15) is 0 Å². The summed E-state index contributed by atoms with van der Waals surface area (Å²) in [5.41, 5.74) is 7.34. The fourth-order valence-electron chi connectivity index (χ4n) is 2.04. The quantitative estimate of drug-likeness (QED) is 0.777. The van der Waals surface area contributed by atoms with Crippen molar-refractivity contribution >= 4 is 39.8 Å². The van der Waals surface area contributed by atoms with Crippen molar-refractivity contribution < 1.29 is 4.79 Å². The van der Waals surface area contributed by atoms with E-state index in [2.05, 4.69) is 15.4 Å². The van der Waals surface area contributed by atoms with E-state index in [-0.39, 0.29) is 12.5 Å². The highest BCUT2D eigenvalue weighted by atomic mass is 35.5. The van der Waals surface area contributed by atoms with E-state index < -0.39 is 0 Å². The zero-order chi connectivity index (χ0) is 14.8. The highest BCUT2D eigenvalue weighted by molar-refractivity contribution is 6.35. The maximum Gasteiger partial charge on any atom is 0.246 e. The van der Waals surface area contributed by atoms with Gasteiger partial charge >= 0.3 is 0 Å². The van der Waals surface area contributed by atoms with Gasteiger partial charge in [0.25, 0.3) is 0 Å². The van der Waals surface area contributed by atoms with Crippen LogP contribution in [0.2, 0.25) is 5.02 Å². The Morgan fingerprint density at radius 1 is 1.38 bits per heavy atom. The van der Waals surface area contributed by atoms with Gasteiger partial charge < -0.3 is 11.1 Å². The average Bonchev–Trinajstić information content (AvgIpc) is 2.87. The fraction of sp³-hybridized carbons (Fsp3) is 0.0714. The summed E-state index contributed by atoms with van der Waals surface area (Å²) >= 11 is 6.12. The number of amides is 1. The van der Waals surface area contributed by atoms with Crippen molar-refractivity contribution in [3.63, 3.8) is 0 Å². The first kappa shape index (κ1) is 13.4. The van der Waals surface area contributed by atoms with Crippen LogP contribution in [0.25, 0.3) is 10.9 Å². The summed E-state index contributed by atoms with van der Waals surface area (Å²) in [5, 5.41) is 8.16. The lowest BCUT2D eigenvalue weighted by molar-refractivity contribution is -0.116. The minimum Gasteiger partial charge on any atom is -0.396 e. The number of hydrogen-bond acceptors (Lipinski definition) is 4. The molecule has 0 aliphatic carbocycles. The molecule has 0 saturated heterocycles. The third-order valence-electron chi connectivity index (χ3n) is 2.95. The standard InChI is InChI=1S/C14H12ClN5O/c15-11-3-4-12(14-10(11)2-1-5-17-14)19-13(21)8-20-7-9(16)6-18-20/h1-7H,8,16H2,(H,19,21). The number of anilines is 2. The molecule has 7 heteroatoms. The van der Waals surface area contributed by atoms with E-state index in [0.717, 1.165) is 5.39 Å². The van der Waals surface area contributed by atoms with Gasteiger partial charge in [-0.2, -0.15) is 5.10 Å². The molecule has 0 radical (unpaired) electrons. The first-order valence-corrected chi connectivity index (χ1v) is 6.62. The molecular weight excluding hydrogens is 290 g/mol. The summed E-state index contributed by atoms with van der Waals surface area (Å²) in [7, 11) is 0. The zero-order valence-electron chi connectivity index (χ0n) is 11.0. The van der Waals surface area contributed by atoms with E-state index in [1.54, 1.807) is 30.6 Å². The second-order valence-corrected chi connectivity index (χ2v) is 4.92. The minimum atomic E-state index is -0.215. The molecule has 0 fully saturated rings. The number of aromatic nitrogens is 3. The molecule has 1 amide bonds. The van der Waals surface area contributed by atoms with Crippen LogP contribution in [0.15, 0.2) is 42.9 Å². The zero-order valence-corrected chi connectivity index (χ0v) is 11.7. The van der Waals surface area contributed by atoms with Gasteiger partial charge in [-0.1, -0.05) is 11.6 Å². The first-order valence-electron chi connectivity index (χ1n) is 6.24. The van der Waals surface area contributed by atoms with E-state index in [1.807, 2.05) is 6.07 Å². The predicted octanol–water partition coefficient (Wildman–Crippen LogP) is 2.31. The average molecular weight is 302 g/mol. The molecule has 2 aromatic heterocycles. The highest BCUT2D eigenvalue weighted by Gasteiger charge is 2.09. The molecule has 3 aromatic rings. The third-order valence-corrected chi connectivity index (χ3v) is 3.28. The Bertz CT molecular complexity index is 814. The summed E-state index contributed by atoms with van der Waals surface area (Å²) < 4.78 is 1.47. The first-order chi connectivity index (χ1) is 10.1. The van der Waals surface area contributed by atoms with Crippen LogP contribution >= 0.6 is 11.6 Å². The number of rotatable bonds is 3. The Kier molecular flexibility index (Phi) is 3.45. The summed E-state index contributed by atoms with van der Waals surface area (Å²) in [5.74, 6) is -0.215. The molecule has 0 bridgehead atoms. The van der Waals surface area contributed by atoms with Gasteiger partial charge in [0.05, 0.1) is 28.1 Å². The van der Waals surface area contributed by atoms with E-state index in [4.69, 9.17) is 17.3 Å². The fourth-order valence-corrected chi connectivity index (χ4v) is 2.26. The Labute approximate surface area is 125 Å². The SMILES string of the molecule is Nc1cnn(CC(=O)Nc2ccc(Cl)c3cccnc23)c1. The molecule has 0 spiro atoms. The van der Waals surface area contributed by atoms with Gasteiger partial charge in [-0.05, 0) is 24.3 Å². The number of nitrogens with zero attached hydrogens (tertiary/aromatic N) is 3. The number of nitrogen functional groups attached to an aromatic ring is 1. The van der Waals surface area contributed by atoms with Crippen LogP contribution in [-0.2, 0) is 11.3 Å². The van der Waals surface area contributed by atoms with Crippen molar-refractivity contribution in [2.45, 2.75) is 6.54 Å². The van der Waals surface area contributed by atoms with Crippen molar-refractivity contribution in [3.8, 4) is 0 Å². The lowest BCUT2D eigenvalue weighted by Gasteiger charge is -2.09. The van der Waals surface area contributed by atoms with E-state index >= 15 is 0 Å². The lowest BCUT2D eigenvalue weighted by Crippen LogP contribution is -2.19. The minimum absolute atomic E-state index is 0.0775. The third kappa shape index (κ3) is 2.80. The molecule has 6 nitrogen and oxygen atoms in total. The molecule has 3 rings (SSSR count). The topological polar surface area (TPSA) is 85.8 Å². The van der Waals surface area contributed by atoms with E-state index in [9.17, 15) is 4.79 Å². The number of halogens is 1. The maximum absolute atomic E-state index is 12.0. The number of benzene rings is 1. The van der Waals surface area contributed by atoms with Crippen molar-refractivity contribution in [1.82, 2.24) is 14.8 Å². The molecule has 0 unspecified atom stereocenters. The van der Waals surface area contributed by atoms with Gasteiger partial charge in [-0.15, -0.1) is 0 Å². The number of nitrogens with one attached hydrogen (secondary N) is 1. The second-order valence-electron chi connectivity index (χ2n) is 4.51. The number of pyridine rings is 1. The number of nitrogens with two attached hydrogens (primary N) is 1. The van der Waals surface area contributed by atoms with Gasteiger partial charge in [-0.25, -0.2) is 0 Å². The highest BCUT2D eigenvalue weighted by Crippen LogP contribution is 2.27. The maximum atomic E-state index is 12.0. The Morgan fingerprint density at radius 3 is 3.00 bits per heavy atom. The van der Waals surface area contributed by atoms with Gasteiger partial charge in [0.15, 0.2) is 0 Å². The Balaban J connectivity index is 1.85. The summed E-state index contributed by atoms with van der Waals surface area (Å²) in [6.45, 7) is 0.0775. The van der Waals surface area contributed by atoms with Crippen molar-refractivity contribution in [3.05, 3.63) is 47.9 Å². The second kappa shape index (κ2) is 5.41. The normalized spacial score (nSPS) is 10.7. The number of carbonyl (C=O) groups is 1. The van der Waals surface area contributed by atoms with Crippen LogP contribution in [-0.4, -0.2) is 20.7 Å². The molecule has 106 valence electrons. The molecule has 0 atom stereocenters. The Morgan fingerprint density at radius 2 is 2.24 bits per heavy atom. The largest absolute Gasteiger partial charge is 0.396 e. The van der Waals surface area contributed by atoms with Crippen LogP contribution in [0.4, 0.5) is 11.4 Å². The van der Waals surface area contributed by atoms with E-state index in [0.29, 0.717) is 21.9 Å². The summed E-state index contributed by atoms with van der Waals surface area (Å²) in [4.78, 5) is 16.3. The number of fused-ring (bicyclic) bond motifs is 1. The summed E-state index contributed by atoms with van der Waals surface area (Å²) in [6.07, 6.45) is 4.74. The van der Waals surface area contributed by atoms with Crippen LogP contribution in [0.3, 0.4) is 0 Å². The molecule has 3 N–H and O–H groups in total. The molecule has 0 saturated carbocycles. The van der Waals surface area contributed by atoms with Gasteiger partial charge in [0.2, 0.25) is 5.91 Å². The van der Waals surface area contributed by atoms with Crippen LogP contribution in [0, 0.1) is 0 Å². The monoisotopic (exact) mass is 301 g/mol. The van der Waals surface area contributed by atoms with Gasteiger partial charge in [-0.3, -0.25) is 14.5 Å². The Hall–Kier alpha value is -2.60. The smallest absolute Gasteiger partial charge is 0.246 e. The van der Waals surface area contributed by atoms with Crippen molar-refractivity contribution in [1.29, 1.82) is 0 Å². The molecule has 0 aliphatic heterocycles. The lowest BCUT2D eigenvalue weighted by atomic mass is 10.2. The number of carbonyl (C=O) groups excluding carboxylic acids is 1. The number of hydrogen-bond donors (Lipinski definition) is 2. The van der Waals surface area contributed by atoms with Crippen molar-refractivity contribution in [2.24, 2.45) is 0 Å². The predicted molar refractivity (Wildman–Crippen MR) is 82.0 cm³/mol. The van der Waals surface area contributed by atoms with Gasteiger partial charge in [0, 0.05) is 17.8 Å². The summed E-state index contributed by atoms with van der Waals surface area (Å²) in [6, 6.07) is 7.11. The molecule has 1 aromatic carbocycles. The van der Waals surface area contributed by atoms with E-state index in [1.165, 1.54) is 10.9 Å². The van der Waals surface area contributed by atoms with Crippen LogP contribution in [0.5, 0.6) is 0 Å². The molecule has 0 aliphatic rings.